The van der Waals surface area contributed by atoms with Crippen LogP contribution in [0.15, 0.2) is 4.52 Å². The molecular formula is C12H16N6O3. The second-order valence-electron chi connectivity index (χ2n) is 4.89. The lowest BCUT2D eigenvalue weighted by Crippen LogP contribution is -2.15. The van der Waals surface area contributed by atoms with Gasteiger partial charge < -0.3 is 15.0 Å². The summed E-state index contributed by atoms with van der Waals surface area (Å²) in [6, 6.07) is 0. The number of nitrogens with zero attached hydrogens (tertiary/aromatic N) is 5. The molecule has 1 aliphatic carbocycles. The highest BCUT2D eigenvalue weighted by Crippen LogP contribution is 2.38. The number of esters is 1. The van der Waals surface area contributed by atoms with Crippen molar-refractivity contribution in [2.45, 2.75) is 31.7 Å². The van der Waals surface area contributed by atoms with E-state index in [2.05, 4.69) is 25.2 Å². The van der Waals surface area contributed by atoms with Crippen molar-refractivity contribution in [2.75, 3.05) is 13.7 Å². The number of methoxy groups -OCH3 is 1. The molecule has 2 N–H and O–H groups in total. The van der Waals surface area contributed by atoms with Gasteiger partial charge in [-0.1, -0.05) is 10.4 Å². The van der Waals surface area contributed by atoms with Gasteiger partial charge in [0.2, 0.25) is 5.89 Å². The van der Waals surface area contributed by atoms with Crippen LogP contribution in [0.2, 0.25) is 0 Å². The van der Waals surface area contributed by atoms with Crippen molar-refractivity contribution in [3.8, 4) is 0 Å². The Morgan fingerprint density at radius 3 is 3.00 bits per heavy atom. The normalized spacial score (nSPS) is 14.4. The molecule has 1 aliphatic rings. The van der Waals surface area contributed by atoms with E-state index in [0.717, 1.165) is 18.7 Å². The predicted molar refractivity (Wildman–Crippen MR) is 69.5 cm³/mol. The summed E-state index contributed by atoms with van der Waals surface area (Å²) in [4.78, 5) is 16.0. The molecule has 2 aromatic heterocycles. The topological polar surface area (TPSA) is 122 Å². The third kappa shape index (κ3) is 2.77. The van der Waals surface area contributed by atoms with Gasteiger partial charge in [-0.3, -0.25) is 0 Å². The molecule has 0 aromatic carbocycles. The van der Waals surface area contributed by atoms with Gasteiger partial charge in [-0.25, -0.2) is 9.48 Å². The molecule has 0 radical (unpaired) electrons. The van der Waals surface area contributed by atoms with Crippen molar-refractivity contribution in [1.29, 1.82) is 0 Å². The van der Waals surface area contributed by atoms with E-state index >= 15 is 0 Å². The van der Waals surface area contributed by atoms with E-state index in [-0.39, 0.29) is 12.2 Å². The van der Waals surface area contributed by atoms with E-state index in [1.807, 2.05) is 0 Å². The molecule has 0 bridgehead atoms. The van der Waals surface area contributed by atoms with Crippen LogP contribution in [0, 0.1) is 0 Å². The fourth-order valence-electron chi connectivity index (χ4n) is 2.07. The van der Waals surface area contributed by atoms with Crippen LogP contribution in [0.4, 0.5) is 0 Å². The minimum Gasteiger partial charge on any atom is -0.464 e. The molecule has 9 nitrogen and oxygen atoms in total. The molecule has 0 unspecified atom stereocenters. The fraction of sp³-hybridized carbons (Fsp3) is 0.583. The summed E-state index contributed by atoms with van der Waals surface area (Å²) in [7, 11) is 1.30. The zero-order chi connectivity index (χ0) is 14.8. The van der Waals surface area contributed by atoms with Gasteiger partial charge in [0.1, 0.15) is 6.54 Å². The second kappa shape index (κ2) is 5.60. The molecule has 112 valence electrons. The van der Waals surface area contributed by atoms with Crippen LogP contribution >= 0.6 is 0 Å². The van der Waals surface area contributed by atoms with Crippen LogP contribution in [0.3, 0.4) is 0 Å². The molecule has 0 aliphatic heterocycles. The summed E-state index contributed by atoms with van der Waals surface area (Å²) in [5.74, 6) is 1.07. The minimum absolute atomic E-state index is 0.171. The lowest BCUT2D eigenvalue weighted by molar-refractivity contribution is 0.0592. The van der Waals surface area contributed by atoms with Crippen LogP contribution in [0.1, 0.15) is 46.7 Å². The molecule has 1 saturated carbocycles. The Morgan fingerprint density at radius 2 is 2.33 bits per heavy atom. The predicted octanol–water partition coefficient (Wildman–Crippen LogP) is -0.125. The molecule has 0 amide bonds. The molecule has 1 fully saturated rings. The van der Waals surface area contributed by atoms with Gasteiger partial charge >= 0.3 is 5.97 Å². The summed E-state index contributed by atoms with van der Waals surface area (Å²) in [6.45, 7) is 0.633. The maximum absolute atomic E-state index is 11.6. The monoisotopic (exact) mass is 292 g/mol. The Bertz CT molecular complexity index is 645. The van der Waals surface area contributed by atoms with Gasteiger partial charge in [-0.15, -0.1) is 5.10 Å². The SMILES string of the molecule is COC(=O)c1nnn(Cc2nc(C3CC3)no2)c1CCN. The number of hydrogen-bond acceptors (Lipinski definition) is 8. The summed E-state index contributed by atoms with van der Waals surface area (Å²) in [5.41, 5.74) is 6.35. The van der Waals surface area contributed by atoms with E-state index < -0.39 is 5.97 Å². The number of ether oxygens (including phenoxy) is 1. The largest absolute Gasteiger partial charge is 0.464 e. The van der Waals surface area contributed by atoms with Gasteiger partial charge in [0.05, 0.1) is 12.8 Å². The van der Waals surface area contributed by atoms with E-state index in [4.69, 9.17) is 10.3 Å². The summed E-state index contributed by atoms with van der Waals surface area (Å²) < 4.78 is 11.4. The molecule has 0 spiro atoms. The van der Waals surface area contributed by atoms with Crippen molar-refractivity contribution in [2.24, 2.45) is 5.73 Å². The quantitative estimate of drug-likeness (QED) is 0.731. The smallest absolute Gasteiger partial charge is 0.360 e. The van der Waals surface area contributed by atoms with E-state index in [1.54, 1.807) is 4.68 Å². The van der Waals surface area contributed by atoms with Gasteiger partial charge in [-0.2, -0.15) is 4.98 Å². The van der Waals surface area contributed by atoms with Crippen LogP contribution in [0.25, 0.3) is 0 Å². The summed E-state index contributed by atoms with van der Waals surface area (Å²) in [6.07, 6.45) is 2.67. The first-order valence-electron chi connectivity index (χ1n) is 6.76. The van der Waals surface area contributed by atoms with Gasteiger partial charge in [0, 0.05) is 12.3 Å². The Labute approximate surface area is 120 Å². The van der Waals surface area contributed by atoms with Crippen molar-refractivity contribution in [1.82, 2.24) is 25.1 Å². The van der Waals surface area contributed by atoms with Gasteiger partial charge in [0.15, 0.2) is 11.5 Å². The highest BCUT2D eigenvalue weighted by molar-refractivity contribution is 5.88. The van der Waals surface area contributed by atoms with Crippen molar-refractivity contribution in [3.05, 3.63) is 23.1 Å². The van der Waals surface area contributed by atoms with Crippen LogP contribution < -0.4 is 5.73 Å². The van der Waals surface area contributed by atoms with Crippen LogP contribution in [-0.4, -0.2) is 44.8 Å². The van der Waals surface area contributed by atoms with Gasteiger partial charge in [-0.05, 0) is 19.4 Å². The first-order valence-corrected chi connectivity index (χ1v) is 6.76. The third-order valence-corrected chi connectivity index (χ3v) is 3.31. The highest BCUT2D eigenvalue weighted by Gasteiger charge is 2.29. The van der Waals surface area contributed by atoms with Crippen LogP contribution in [0.5, 0.6) is 0 Å². The Balaban J connectivity index is 1.82. The number of hydrogen-bond donors (Lipinski definition) is 1. The average Bonchev–Trinajstić information content (AvgIpc) is 3.12. The molecule has 2 heterocycles. The molecule has 3 rings (SSSR count). The molecule has 0 atom stereocenters. The van der Waals surface area contributed by atoms with E-state index in [0.29, 0.717) is 30.5 Å². The number of rotatable bonds is 6. The first-order chi connectivity index (χ1) is 10.2. The zero-order valence-corrected chi connectivity index (χ0v) is 11.7. The summed E-state index contributed by atoms with van der Waals surface area (Å²) >= 11 is 0. The maximum atomic E-state index is 11.6. The third-order valence-electron chi connectivity index (χ3n) is 3.31. The van der Waals surface area contributed by atoms with E-state index in [1.165, 1.54) is 7.11 Å². The fourth-order valence-corrected chi connectivity index (χ4v) is 2.07. The molecule has 0 saturated heterocycles. The lowest BCUT2D eigenvalue weighted by Gasteiger charge is -2.03. The maximum Gasteiger partial charge on any atom is 0.360 e. The Hall–Kier alpha value is -2.29. The van der Waals surface area contributed by atoms with Crippen LogP contribution in [-0.2, 0) is 17.7 Å². The van der Waals surface area contributed by atoms with E-state index in [9.17, 15) is 4.79 Å². The number of carbonyl (C=O) groups is 1. The molecule has 2 aromatic rings. The zero-order valence-electron chi connectivity index (χ0n) is 11.7. The molecular weight excluding hydrogens is 276 g/mol. The number of aromatic nitrogens is 5. The highest BCUT2D eigenvalue weighted by atomic mass is 16.5. The lowest BCUT2D eigenvalue weighted by atomic mass is 10.2. The molecule has 21 heavy (non-hydrogen) atoms. The number of nitrogens with two attached hydrogens (primary N) is 1. The number of carbonyl (C=O) groups excluding carboxylic acids is 1. The minimum atomic E-state index is -0.533. The van der Waals surface area contributed by atoms with Crippen molar-refractivity contribution in [3.63, 3.8) is 0 Å². The van der Waals surface area contributed by atoms with Crippen molar-refractivity contribution >= 4 is 5.97 Å². The average molecular weight is 292 g/mol. The summed E-state index contributed by atoms with van der Waals surface area (Å²) in [5, 5.41) is 11.7. The first kappa shape index (κ1) is 13.7. The Kier molecular flexibility index (Phi) is 3.65. The molecule has 9 heteroatoms. The Morgan fingerprint density at radius 1 is 1.52 bits per heavy atom. The standard InChI is InChI=1S/C12H16N6O3/c1-20-12(19)10-8(4-5-13)18(17-15-10)6-9-14-11(16-21-9)7-2-3-7/h7H,2-6,13H2,1H3. The van der Waals surface area contributed by atoms with Gasteiger partial charge in [0.25, 0.3) is 0 Å². The second-order valence-corrected chi connectivity index (χ2v) is 4.89. The van der Waals surface area contributed by atoms with Crippen molar-refractivity contribution < 1.29 is 14.1 Å².